The summed E-state index contributed by atoms with van der Waals surface area (Å²) in [5.41, 5.74) is 11.6. The highest BCUT2D eigenvalue weighted by Crippen LogP contribution is 2.41. The van der Waals surface area contributed by atoms with Gasteiger partial charge in [-0.15, -0.1) is 0 Å². The standard InChI is InChI=1S/C18H17N3/c1-12-11-13-5-2-3-8-16(13)21(12)17-9-10-20-18-14(17)6-4-7-15(18)19/h2-10,12H,11,19H2,1H3. The summed E-state index contributed by atoms with van der Waals surface area (Å²) in [5, 5.41) is 1.11. The smallest absolute Gasteiger partial charge is 0.0952 e. The largest absolute Gasteiger partial charge is 0.397 e. The molecular formula is C18H17N3. The molecule has 3 aromatic rings. The van der Waals surface area contributed by atoms with E-state index in [1.165, 1.54) is 16.9 Å². The average Bonchev–Trinajstić information content (AvgIpc) is 2.83. The van der Waals surface area contributed by atoms with E-state index >= 15 is 0 Å². The molecule has 0 aliphatic carbocycles. The van der Waals surface area contributed by atoms with Crippen LogP contribution in [0.15, 0.2) is 54.7 Å². The van der Waals surface area contributed by atoms with Gasteiger partial charge in [-0.1, -0.05) is 30.3 Å². The minimum absolute atomic E-state index is 0.439. The second kappa shape index (κ2) is 4.48. The zero-order valence-corrected chi connectivity index (χ0v) is 12.0. The van der Waals surface area contributed by atoms with Crippen LogP contribution in [0.5, 0.6) is 0 Å². The molecule has 2 heterocycles. The molecule has 1 aromatic heterocycles. The van der Waals surface area contributed by atoms with Crippen molar-refractivity contribution in [1.82, 2.24) is 4.98 Å². The summed E-state index contributed by atoms with van der Waals surface area (Å²) >= 11 is 0. The fourth-order valence-corrected chi connectivity index (χ4v) is 3.33. The van der Waals surface area contributed by atoms with Gasteiger partial charge in [0.25, 0.3) is 0 Å². The Labute approximate surface area is 124 Å². The summed E-state index contributed by atoms with van der Waals surface area (Å²) in [5.74, 6) is 0. The van der Waals surface area contributed by atoms with Crippen molar-refractivity contribution in [1.29, 1.82) is 0 Å². The van der Waals surface area contributed by atoms with E-state index in [1.807, 2.05) is 18.3 Å². The Bertz CT molecular complexity index is 826. The van der Waals surface area contributed by atoms with Crippen LogP contribution in [0.4, 0.5) is 17.1 Å². The lowest BCUT2D eigenvalue weighted by Gasteiger charge is -2.26. The Balaban J connectivity index is 1.97. The summed E-state index contributed by atoms with van der Waals surface area (Å²) in [6.07, 6.45) is 2.92. The van der Waals surface area contributed by atoms with Gasteiger partial charge in [0, 0.05) is 23.3 Å². The Kier molecular flexibility index (Phi) is 2.61. The Morgan fingerprint density at radius 3 is 2.81 bits per heavy atom. The highest BCUT2D eigenvalue weighted by Gasteiger charge is 2.27. The summed E-state index contributed by atoms with van der Waals surface area (Å²) in [7, 11) is 0. The molecular weight excluding hydrogens is 258 g/mol. The molecule has 1 aliphatic rings. The van der Waals surface area contributed by atoms with Crippen molar-refractivity contribution < 1.29 is 0 Å². The first-order valence-electron chi connectivity index (χ1n) is 7.26. The molecule has 3 heteroatoms. The van der Waals surface area contributed by atoms with Crippen molar-refractivity contribution in [2.75, 3.05) is 10.6 Å². The molecule has 1 atom stereocenters. The predicted molar refractivity (Wildman–Crippen MR) is 87.9 cm³/mol. The van der Waals surface area contributed by atoms with Gasteiger partial charge >= 0.3 is 0 Å². The predicted octanol–water partition coefficient (Wildman–Crippen LogP) is 3.90. The molecule has 0 radical (unpaired) electrons. The highest BCUT2D eigenvalue weighted by atomic mass is 15.2. The van der Waals surface area contributed by atoms with E-state index in [2.05, 4.69) is 53.2 Å². The van der Waals surface area contributed by atoms with E-state index in [0.717, 1.165) is 23.0 Å². The molecule has 104 valence electrons. The molecule has 1 aliphatic heterocycles. The number of pyridine rings is 1. The van der Waals surface area contributed by atoms with Crippen LogP contribution in [0.1, 0.15) is 12.5 Å². The molecule has 21 heavy (non-hydrogen) atoms. The summed E-state index contributed by atoms with van der Waals surface area (Å²) in [6, 6.07) is 17.1. The maximum atomic E-state index is 6.07. The first-order valence-corrected chi connectivity index (χ1v) is 7.26. The number of aromatic nitrogens is 1. The molecule has 0 fully saturated rings. The van der Waals surface area contributed by atoms with Gasteiger partial charge in [-0.3, -0.25) is 4.98 Å². The Morgan fingerprint density at radius 2 is 1.90 bits per heavy atom. The maximum Gasteiger partial charge on any atom is 0.0952 e. The molecule has 0 saturated heterocycles. The molecule has 4 rings (SSSR count). The SMILES string of the molecule is CC1Cc2ccccc2N1c1ccnc2c(N)cccc12. The van der Waals surface area contributed by atoms with Gasteiger partial charge in [0.15, 0.2) is 0 Å². The van der Waals surface area contributed by atoms with Crippen LogP contribution < -0.4 is 10.6 Å². The van der Waals surface area contributed by atoms with Crippen LogP contribution >= 0.6 is 0 Å². The first-order chi connectivity index (χ1) is 10.3. The van der Waals surface area contributed by atoms with Crippen molar-refractivity contribution in [2.45, 2.75) is 19.4 Å². The van der Waals surface area contributed by atoms with Gasteiger partial charge in [-0.2, -0.15) is 0 Å². The van der Waals surface area contributed by atoms with Crippen LogP contribution in [0.2, 0.25) is 0 Å². The van der Waals surface area contributed by atoms with Crippen LogP contribution in [-0.4, -0.2) is 11.0 Å². The summed E-state index contributed by atoms with van der Waals surface area (Å²) in [4.78, 5) is 6.84. The van der Waals surface area contributed by atoms with E-state index in [-0.39, 0.29) is 0 Å². The molecule has 0 amide bonds. The quantitative estimate of drug-likeness (QED) is 0.685. The topological polar surface area (TPSA) is 42.2 Å². The fourth-order valence-electron chi connectivity index (χ4n) is 3.33. The van der Waals surface area contributed by atoms with E-state index in [1.54, 1.807) is 0 Å². The molecule has 2 N–H and O–H groups in total. The first kappa shape index (κ1) is 12.2. The van der Waals surface area contributed by atoms with Crippen molar-refractivity contribution in [3.63, 3.8) is 0 Å². The number of fused-ring (bicyclic) bond motifs is 2. The van der Waals surface area contributed by atoms with Gasteiger partial charge in [0.2, 0.25) is 0 Å². The highest BCUT2D eigenvalue weighted by molar-refractivity contribution is 6.00. The van der Waals surface area contributed by atoms with E-state index < -0.39 is 0 Å². The minimum Gasteiger partial charge on any atom is -0.397 e. The number of hydrogen-bond acceptors (Lipinski definition) is 3. The molecule has 1 unspecified atom stereocenters. The molecule has 2 aromatic carbocycles. The maximum absolute atomic E-state index is 6.07. The monoisotopic (exact) mass is 275 g/mol. The van der Waals surface area contributed by atoms with Crippen LogP contribution in [0, 0.1) is 0 Å². The third-order valence-electron chi connectivity index (χ3n) is 4.25. The second-order valence-electron chi connectivity index (χ2n) is 5.63. The van der Waals surface area contributed by atoms with Crippen molar-refractivity contribution >= 4 is 28.0 Å². The van der Waals surface area contributed by atoms with Gasteiger partial charge in [-0.25, -0.2) is 0 Å². The number of nitrogens with zero attached hydrogens (tertiary/aromatic N) is 2. The number of anilines is 3. The minimum atomic E-state index is 0.439. The van der Waals surface area contributed by atoms with Crippen LogP contribution in [-0.2, 0) is 6.42 Å². The fraction of sp³-hybridized carbons (Fsp3) is 0.167. The Morgan fingerprint density at radius 1 is 1.05 bits per heavy atom. The normalized spacial score (nSPS) is 17.2. The number of rotatable bonds is 1. The average molecular weight is 275 g/mol. The van der Waals surface area contributed by atoms with Crippen molar-refractivity contribution in [3.05, 3.63) is 60.3 Å². The van der Waals surface area contributed by atoms with E-state index in [0.29, 0.717) is 6.04 Å². The molecule has 3 nitrogen and oxygen atoms in total. The summed E-state index contributed by atoms with van der Waals surface area (Å²) in [6.45, 7) is 2.26. The number of nitrogen functional groups attached to an aromatic ring is 1. The van der Waals surface area contributed by atoms with Crippen molar-refractivity contribution in [2.24, 2.45) is 0 Å². The summed E-state index contributed by atoms with van der Waals surface area (Å²) < 4.78 is 0. The number of hydrogen-bond donors (Lipinski definition) is 1. The van der Waals surface area contributed by atoms with Crippen LogP contribution in [0.25, 0.3) is 10.9 Å². The zero-order chi connectivity index (χ0) is 14.4. The zero-order valence-electron chi connectivity index (χ0n) is 12.0. The number of nitrogens with two attached hydrogens (primary N) is 1. The Hall–Kier alpha value is -2.55. The van der Waals surface area contributed by atoms with Gasteiger partial charge in [0.05, 0.1) is 16.9 Å². The molecule has 0 saturated carbocycles. The number of benzene rings is 2. The number of para-hydroxylation sites is 2. The van der Waals surface area contributed by atoms with E-state index in [4.69, 9.17) is 5.73 Å². The van der Waals surface area contributed by atoms with Gasteiger partial charge in [0.1, 0.15) is 0 Å². The lowest BCUT2D eigenvalue weighted by Crippen LogP contribution is -2.24. The third-order valence-corrected chi connectivity index (χ3v) is 4.25. The van der Waals surface area contributed by atoms with Crippen molar-refractivity contribution in [3.8, 4) is 0 Å². The third kappa shape index (κ3) is 1.77. The molecule has 0 spiro atoms. The van der Waals surface area contributed by atoms with E-state index in [9.17, 15) is 0 Å². The van der Waals surface area contributed by atoms with Crippen LogP contribution in [0.3, 0.4) is 0 Å². The molecule has 0 bridgehead atoms. The van der Waals surface area contributed by atoms with Gasteiger partial charge in [-0.05, 0) is 37.1 Å². The lowest BCUT2D eigenvalue weighted by molar-refractivity contribution is 0.760. The second-order valence-corrected chi connectivity index (χ2v) is 5.63. The lowest BCUT2D eigenvalue weighted by atomic mass is 10.1. The van der Waals surface area contributed by atoms with Gasteiger partial charge < -0.3 is 10.6 Å².